The van der Waals surface area contributed by atoms with Gasteiger partial charge in [-0.2, -0.15) is 0 Å². The van der Waals surface area contributed by atoms with Gasteiger partial charge in [-0.3, -0.25) is 20.0 Å². The molecular formula is C7H14N2O2. The number of hydrogen-bond donors (Lipinski definition) is 1. The zero-order valence-corrected chi connectivity index (χ0v) is 7.18. The summed E-state index contributed by atoms with van der Waals surface area (Å²) in [6, 6.07) is 0. The van der Waals surface area contributed by atoms with Crippen LogP contribution >= 0.6 is 0 Å². The van der Waals surface area contributed by atoms with E-state index in [9.17, 15) is 9.59 Å². The molecule has 1 N–H and O–H groups in total. The molecular weight excluding hydrogens is 144 g/mol. The van der Waals surface area contributed by atoms with Crippen LogP contribution < -0.4 is 5.43 Å². The molecule has 1 saturated heterocycles. The van der Waals surface area contributed by atoms with Gasteiger partial charge in [0.25, 0.3) is 0 Å². The number of nitrogens with zero attached hydrogens (tertiary/aromatic N) is 1. The molecule has 1 heterocycles. The molecule has 0 unspecified atom stereocenters. The molecule has 0 saturated carbocycles. The zero-order chi connectivity index (χ0) is 8.85. The number of rotatable bonds is 1. The van der Waals surface area contributed by atoms with Crippen LogP contribution in [0.25, 0.3) is 0 Å². The Morgan fingerprint density at radius 3 is 2.18 bits per heavy atom. The highest BCUT2D eigenvalue weighted by atomic mass is 16.2. The predicted molar refractivity (Wildman–Crippen MR) is 41.5 cm³/mol. The Kier molecular flexibility index (Phi) is 4.26. The third kappa shape index (κ3) is 2.57. The van der Waals surface area contributed by atoms with Gasteiger partial charge in [-0.05, 0) is 6.92 Å². The number of hydrazine groups is 1. The third-order valence-corrected chi connectivity index (χ3v) is 1.19. The maximum absolute atomic E-state index is 10.7. The molecule has 4 heteroatoms. The van der Waals surface area contributed by atoms with Crippen molar-refractivity contribution in [3.8, 4) is 0 Å². The highest BCUT2D eigenvalue weighted by Gasteiger charge is 2.24. The number of carbonyl (C=O) groups is 2. The number of hydrogen-bond acceptors (Lipinski definition) is 2. The van der Waals surface area contributed by atoms with Crippen molar-refractivity contribution in [3.63, 3.8) is 0 Å². The fraction of sp³-hybridized carbons (Fsp3) is 0.714. The molecule has 64 valence electrons. The Morgan fingerprint density at radius 1 is 1.45 bits per heavy atom. The summed E-state index contributed by atoms with van der Waals surface area (Å²) in [5.41, 5.74) is 2.40. The molecule has 1 rings (SSSR count). The molecule has 1 aliphatic rings. The van der Waals surface area contributed by atoms with E-state index in [4.69, 9.17) is 0 Å². The lowest BCUT2D eigenvalue weighted by atomic mass is 10.4. The van der Waals surface area contributed by atoms with Gasteiger partial charge in [-0.15, -0.1) is 0 Å². The molecule has 4 nitrogen and oxygen atoms in total. The SMILES string of the molecule is CC.CCN1NC(=O)CC1=O. The molecule has 0 radical (unpaired) electrons. The molecule has 0 aromatic heterocycles. The standard InChI is InChI=1S/C5H8N2O2.C2H6/c1-2-7-5(9)3-4(8)6-7;1-2/h2-3H2,1H3,(H,6,8);1-2H3. The number of carbonyl (C=O) groups excluding carboxylic acids is 2. The second kappa shape index (κ2) is 4.71. The lowest BCUT2D eigenvalue weighted by Gasteiger charge is -2.10. The molecule has 11 heavy (non-hydrogen) atoms. The monoisotopic (exact) mass is 158 g/mol. The summed E-state index contributed by atoms with van der Waals surface area (Å²) < 4.78 is 0. The lowest BCUT2D eigenvalue weighted by Crippen LogP contribution is -2.35. The van der Waals surface area contributed by atoms with Crippen LogP contribution in [0.4, 0.5) is 0 Å². The molecule has 0 bridgehead atoms. The van der Waals surface area contributed by atoms with Crippen molar-refractivity contribution < 1.29 is 9.59 Å². The van der Waals surface area contributed by atoms with Crippen LogP contribution in [0.5, 0.6) is 0 Å². The van der Waals surface area contributed by atoms with E-state index in [1.807, 2.05) is 20.8 Å². The van der Waals surface area contributed by atoms with Crippen molar-refractivity contribution in [2.45, 2.75) is 27.2 Å². The van der Waals surface area contributed by atoms with Crippen LogP contribution in [0.3, 0.4) is 0 Å². The van der Waals surface area contributed by atoms with Gasteiger partial charge in [0.15, 0.2) is 0 Å². The topological polar surface area (TPSA) is 49.4 Å². The van der Waals surface area contributed by atoms with Crippen molar-refractivity contribution >= 4 is 11.8 Å². The minimum absolute atomic E-state index is 0.00778. The summed E-state index contributed by atoms with van der Waals surface area (Å²) in [4.78, 5) is 21.1. The maximum atomic E-state index is 10.7. The van der Waals surface area contributed by atoms with Gasteiger partial charge in [0.1, 0.15) is 6.42 Å². The van der Waals surface area contributed by atoms with Crippen molar-refractivity contribution in [2.75, 3.05) is 6.54 Å². The van der Waals surface area contributed by atoms with Gasteiger partial charge in [0.05, 0.1) is 0 Å². The van der Waals surface area contributed by atoms with E-state index in [-0.39, 0.29) is 18.2 Å². The summed E-state index contributed by atoms with van der Waals surface area (Å²) in [5, 5.41) is 1.31. The van der Waals surface area contributed by atoms with Gasteiger partial charge in [0, 0.05) is 6.54 Å². The van der Waals surface area contributed by atoms with Gasteiger partial charge in [0.2, 0.25) is 11.8 Å². The van der Waals surface area contributed by atoms with Crippen molar-refractivity contribution in [3.05, 3.63) is 0 Å². The first-order valence-corrected chi connectivity index (χ1v) is 3.84. The van der Waals surface area contributed by atoms with E-state index in [0.29, 0.717) is 6.54 Å². The van der Waals surface area contributed by atoms with E-state index in [1.54, 1.807) is 0 Å². The summed E-state index contributed by atoms with van der Waals surface area (Å²) in [5.74, 6) is -0.343. The molecule has 0 aliphatic carbocycles. The molecule has 0 aromatic rings. The average molecular weight is 158 g/mol. The highest BCUT2D eigenvalue weighted by Crippen LogP contribution is 1.98. The summed E-state index contributed by atoms with van der Waals surface area (Å²) >= 11 is 0. The summed E-state index contributed by atoms with van der Waals surface area (Å²) in [6.45, 7) is 6.36. The van der Waals surface area contributed by atoms with E-state index in [1.165, 1.54) is 5.01 Å². The number of amides is 2. The third-order valence-electron chi connectivity index (χ3n) is 1.19. The fourth-order valence-corrected chi connectivity index (χ4v) is 0.741. The average Bonchev–Trinajstić information content (AvgIpc) is 2.33. The minimum Gasteiger partial charge on any atom is -0.273 e. The molecule has 2 amide bonds. The Labute approximate surface area is 66.5 Å². The van der Waals surface area contributed by atoms with Crippen molar-refractivity contribution in [2.24, 2.45) is 0 Å². The lowest BCUT2D eigenvalue weighted by molar-refractivity contribution is -0.129. The van der Waals surface area contributed by atoms with Crippen LogP contribution in [0.15, 0.2) is 0 Å². The first-order chi connectivity index (χ1) is 5.24. The Balaban J connectivity index is 0.000000461. The second-order valence-electron chi connectivity index (χ2n) is 1.85. The Bertz CT molecular complexity index is 157. The molecule has 0 aromatic carbocycles. The zero-order valence-electron chi connectivity index (χ0n) is 7.18. The van der Waals surface area contributed by atoms with E-state index >= 15 is 0 Å². The Hall–Kier alpha value is -1.06. The Morgan fingerprint density at radius 2 is 2.00 bits per heavy atom. The van der Waals surface area contributed by atoms with Crippen molar-refractivity contribution in [1.29, 1.82) is 0 Å². The summed E-state index contributed by atoms with van der Waals surface area (Å²) in [7, 11) is 0. The predicted octanol–water partition coefficient (Wildman–Crippen LogP) is 0.296. The summed E-state index contributed by atoms with van der Waals surface area (Å²) in [6.07, 6.45) is 0.00778. The van der Waals surface area contributed by atoms with Crippen molar-refractivity contribution in [1.82, 2.24) is 10.4 Å². The first-order valence-electron chi connectivity index (χ1n) is 3.84. The van der Waals surface area contributed by atoms with Crippen LogP contribution in [-0.4, -0.2) is 23.4 Å². The van der Waals surface area contributed by atoms with Crippen LogP contribution in [0, 0.1) is 0 Å². The first kappa shape index (κ1) is 9.94. The van der Waals surface area contributed by atoms with Gasteiger partial charge >= 0.3 is 0 Å². The van der Waals surface area contributed by atoms with Gasteiger partial charge < -0.3 is 0 Å². The van der Waals surface area contributed by atoms with E-state index < -0.39 is 0 Å². The maximum Gasteiger partial charge on any atom is 0.250 e. The number of nitrogens with one attached hydrogen (secondary N) is 1. The highest BCUT2D eigenvalue weighted by molar-refractivity contribution is 6.01. The molecule has 0 atom stereocenters. The normalized spacial score (nSPS) is 15.7. The molecule has 0 spiro atoms. The van der Waals surface area contributed by atoms with E-state index in [2.05, 4.69) is 5.43 Å². The minimum atomic E-state index is -0.207. The quantitative estimate of drug-likeness (QED) is 0.558. The largest absolute Gasteiger partial charge is 0.273 e. The fourth-order valence-electron chi connectivity index (χ4n) is 0.741. The molecule has 1 aliphatic heterocycles. The van der Waals surface area contributed by atoms with Crippen LogP contribution in [0.1, 0.15) is 27.2 Å². The van der Waals surface area contributed by atoms with Gasteiger partial charge in [-0.1, -0.05) is 13.8 Å². The van der Waals surface area contributed by atoms with Gasteiger partial charge in [-0.25, -0.2) is 0 Å². The molecule has 1 fully saturated rings. The van der Waals surface area contributed by atoms with E-state index in [0.717, 1.165) is 0 Å². The second-order valence-corrected chi connectivity index (χ2v) is 1.85. The van der Waals surface area contributed by atoms with Crippen LogP contribution in [0.2, 0.25) is 0 Å². The smallest absolute Gasteiger partial charge is 0.250 e. The van der Waals surface area contributed by atoms with Crippen LogP contribution in [-0.2, 0) is 9.59 Å².